The maximum atomic E-state index is 5.68. The van der Waals surface area contributed by atoms with E-state index in [1.165, 1.54) is 36.1 Å². The third kappa shape index (κ3) is 2.73. The van der Waals surface area contributed by atoms with Gasteiger partial charge in [0.05, 0.1) is 6.04 Å². The van der Waals surface area contributed by atoms with Gasteiger partial charge in [-0.1, -0.05) is 11.6 Å². The van der Waals surface area contributed by atoms with E-state index in [0.717, 1.165) is 6.42 Å². The number of hydrogen-bond acceptors (Lipinski definition) is 3. The Bertz CT molecular complexity index is 368. The number of hydrazine groups is 1. The summed E-state index contributed by atoms with van der Waals surface area (Å²) in [5, 5.41) is 2.14. The number of nitrogens with two attached hydrogens (primary N) is 1. The molecule has 2 rings (SSSR count). The minimum absolute atomic E-state index is 0.296. The summed E-state index contributed by atoms with van der Waals surface area (Å²) in [6, 6.07) is 2.46. The van der Waals surface area contributed by atoms with Crippen LogP contribution in [0, 0.1) is 6.92 Å². The first-order valence-electron chi connectivity index (χ1n) is 5.99. The van der Waals surface area contributed by atoms with Crippen molar-refractivity contribution in [1.29, 1.82) is 0 Å². The molecule has 0 aromatic carbocycles. The van der Waals surface area contributed by atoms with Crippen molar-refractivity contribution >= 4 is 11.3 Å². The summed E-state index contributed by atoms with van der Waals surface area (Å²) in [6.45, 7) is 2.16. The Balaban J connectivity index is 2.06. The lowest BCUT2D eigenvalue weighted by atomic mass is 9.93. The van der Waals surface area contributed by atoms with E-state index in [-0.39, 0.29) is 0 Å². The van der Waals surface area contributed by atoms with Crippen LogP contribution in [0.25, 0.3) is 0 Å². The van der Waals surface area contributed by atoms with Crippen LogP contribution in [-0.2, 0) is 0 Å². The fourth-order valence-corrected chi connectivity index (χ4v) is 3.31. The van der Waals surface area contributed by atoms with Gasteiger partial charge < -0.3 is 0 Å². The summed E-state index contributed by atoms with van der Waals surface area (Å²) >= 11 is 1.80. The first-order chi connectivity index (χ1) is 7.81. The van der Waals surface area contributed by atoms with Gasteiger partial charge in [0.1, 0.15) is 0 Å². The number of allylic oxidation sites excluding steroid dienone is 1. The number of thiophene rings is 1. The summed E-state index contributed by atoms with van der Waals surface area (Å²) in [5.74, 6) is 5.68. The zero-order valence-electron chi connectivity index (χ0n) is 9.83. The normalized spacial score (nSPS) is 18.2. The molecule has 3 heteroatoms. The first kappa shape index (κ1) is 11.8. The van der Waals surface area contributed by atoms with Gasteiger partial charge in [0.15, 0.2) is 0 Å². The maximum absolute atomic E-state index is 5.68. The zero-order chi connectivity index (χ0) is 11.4. The molecule has 3 N–H and O–H groups in total. The highest BCUT2D eigenvalue weighted by Crippen LogP contribution is 2.31. The molecule has 0 amide bonds. The van der Waals surface area contributed by atoms with Gasteiger partial charge in [-0.3, -0.25) is 11.3 Å². The van der Waals surface area contributed by atoms with E-state index < -0.39 is 0 Å². The minimum atomic E-state index is 0.296. The highest BCUT2D eigenvalue weighted by atomic mass is 32.1. The number of rotatable bonds is 4. The number of hydrogen-bond donors (Lipinski definition) is 2. The van der Waals surface area contributed by atoms with E-state index in [2.05, 4.69) is 29.9 Å². The van der Waals surface area contributed by atoms with Crippen LogP contribution in [0.5, 0.6) is 0 Å². The lowest BCUT2D eigenvalue weighted by Gasteiger charge is -2.20. The van der Waals surface area contributed by atoms with Crippen LogP contribution in [0.2, 0.25) is 0 Å². The molecule has 16 heavy (non-hydrogen) atoms. The Hall–Kier alpha value is -0.640. The van der Waals surface area contributed by atoms with Gasteiger partial charge in [-0.25, -0.2) is 0 Å². The topological polar surface area (TPSA) is 38.0 Å². The van der Waals surface area contributed by atoms with E-state index in [1.807, 2.05) is 0 Å². The van der Waals surface area contributed by atoms with Crippen molar-refractivity contribution in [2.75, 3.05) is 0 Å². The highest BCUT2D eigenvalue weighted by Gasteiger charge is 2.16. The van der Waals surface area contributed by atoms with Gasteiger partial charge in [-0.05, 0) is 56.0 Å². The van der Waals surface area contributed by atoms with E-state index >= 15 is 0 Å². The molecule has 0 radical (unpaired) electrons. The molecule has 0 fully saturated rings. The van der Waals surface area contributed by atoms with Crippen LogP contribution in [0.1, 0.15) is 48.6 Å². The van der Waals surface area contributed by atoms with Gasteiger partial charge in [0.25, 0.3) is 0 Å². The Labute approximate surface area is 102 Å². The van der Waals surface area contributed by atoms with Crippen LogP contribution in [0.4, 0.5) is 0 Å². The van der Waals surface area contributed by atoms with Crippen LogP contribution in [0.3, 0.4) is 0 Å². The summed E-state index contributed by atoms with van der Waals surface area (Å²) in [4.78, 5) is 1.38. The number of aryl methyl sites for hydroxylation is 1. The smallest absolute Gasteiger partial charge is 0.0592 e. The van der Waals surface area contributed by atoms with E-state index in [0.29, 0.717) is 6.04 Å². The van der Waals surface area contributed by atoms with Crippen molar-refractivity contribution in [3.63, 3.8) is 0 Å². The van der Waals surface area contributed by atoms with Gasteiger partial charge in [-0.15, -0.1) is 11.3 Å². The molecule has 1 aliphatic carbocycles. The molecule has 2 nitrogen and oxygen atoms in total. The summed E-state index contributed by atoms with van der Waals surface area (Å²) in [6.07, 6.45) is 8.65. The van der Waals surface area contributed by atoms with Gasteiger partial charge >= 0.3 is 0 Å². The lowest BCUT2D eigenvalue weighted by Crippen LogP contribution is -2.28. The molecule has 88 valence electrons. The van der Waals surface area contributed by atoms with Crippen LogP contribution in [-0.4, -0.2) is 0 Å². The second kappa shape index (κ2) is 5.62. The van der Waals surface area contributed by atoms with E-state index in [1.54, 1.807) is 16.9 Å². The Morgan fingerprint density at radius 1 is 1.50 bits per heavy atom. The largest absolute Gasteiger partial charge is 0.271 e. The quantitative estimate of drug-likeness (QED) is 0.477. The predicted molar refractivity (Wildman–Crippen MR) is 70.3 cm³/mol. The van der Waals surface area contributed by atoms with Gasteiger partial charge in [0, 0.05) is 4.88 Å². The maximum Gasteiger partial charge on any atom is 0.0592 e. The summed E-state index contributed by atoms with van der Waals surface area (Å²) in [5.41, 5.74) is 5.88. The molecule has 1 aromatic rings. The van der Waals surface area contributed by atoms with Gasteiger partial charge in [-0.2, -0.15) is 0 Å². The molecule has 1 aliphatic rings. The molecule has 1 unspecified atom stereocenters. The molecule has 0 bridgehead atoms. The second-order valence-corrected chi connectivity index (χ2v) is 5.45. The first-order valence-corrected chi connectivity index (χ1v) is 6.87. The van der Waals surface area contributed by atoms with E-state index in [9.17, 15) is 0 Å². The van der Waals surface area contributed by atoms with Crippen molar-refractivity contribution in [2.24, 2.45) is 5.84 Å². The molecular weight excluding hydrogens is 216 g/mol. The summed E-state index contributed by atoms with van der Waals surface area (Å²) < 4.78 is 0. The molecule has 0 aliphatic heterocycles. The molecule has 0 saturated carbocycles. The molecule has 1 aromatic heterocycles. The third-order valence-electron chi connectivity index (χ3n) is 3.27. The molecule has 1 heterocycles. The molecule has 0 spiro atoms. The SMILES string of the molecule is Cc1ccsc1C(CC1=CCCCC1)NN. The Kier molecular flexibility index (Phi) is 4.16. The predicted octanol–water partition coefficient (Wildman–Crippen LogP) is 3.45. The molecular formula is C13H20N2S. The van der Waals surface area contributed by atoms with Crippen molar-refractivity contribution in [3.8, 4) is 0 Å². The van der Waals surface area contributed by atoms with Crippen molar-refractivity contribution in [3.05, 3.63) is 33.5 Å². The van der Waals surface area contributed by atoms with Crippen LogP contribution < -0.4 is 11.3 Å². The van der Waals surface area contributed by atoms with Gasteiger partial charge in [0.2, 0.25) is 0 Å². The fourth-order valence-electron chi connectivity index (χ4n) is 2.32. The average molecular weight is 236 g/mol. The highest BCUT2D eigenvalue weighted by molar-refractivity contribution is 7.10. The minimum Gasteiger partial charge on any atom is -0.271 e. The molecule has 1 atom stereocenters. The van der Waals surface area contributed by atoms with Crippen LogP contribution in [0.15, 0.2) is 23.1 Å². The third-order valence-corrected chi connectivity index (χ3v) is 4.40. The zero-order valence-corrected chi connectivity index (χ0v) is 10.6. The van der Waals surface area contributed by atoms with E-state index in [4.69, 9.17) is 5.84 Å². The standard InChI is InChI=1S/C13H20N2S/c1-10-7-8-16-13(10)12(15-14)9-11-5-3-2-4-6-11/h5,7-8,12,15H,2-4,6,9,14H2,1H3. The number of nitrogens with one attached hydrogen (secondary N) is 1. The lowest BCUT2D eigenvalue weighted by molar-refractivity contribution is 0.534. The Morgan fingerprint density at radius 2 is 2.38 bits per heavy atom. The van der Waals surface area contributed by atoms with Crippen molar-refractivity contribution < 1.29 is 0 Å². The van der Waals surface area contributed by atoms with Crippen molar-refractivity contribution in [2.45, 2.75) is 45.1 Å². The fraction of sp³-hybridized carbons (Fsp3) is 0.538. The van der Waals surface area contributed by atoms with Crippen molar-refractivity contribution in [1.82, 2.24) is 5.43 Å². The Morgan fingerprint density at radius 3 is 2.94 bits per heavy atom. The monoisotopic (exact) mass is 236 g/mol. The summed E-state index contributed by atoms with van der Waals surface area (Å²) in [7, 11) is 0. The second-order valence-electron chi connectivity index (χ2n) is 4.50. The average Bonchev–Trinajstić information content (AvgIpc) is 2.74. The van der Waals surface area contributed by atoms with Crippen LogP contribution >= 0.6 is 11.3 Å². The molecule has 0 saturated heterocycles.